The highest BCUT2D eigenvalue weighted by atomic mass is 15.1. The topological polar surface area (TPSA) is 17.6 Å². The maximum atomic E-state index is 2.35. The van der Waals surface area contributed by atoms with Crippen LogP contribution in [-0.4, -0.2) is 9.13 Å². The van der Waals surface area contributed by atoms with Crippen molar-refractivity contribution < 1.29 is 9.13 Å². The first-order valence-electron chi connectivity index (χ1n) is 12.4. The first kappa shape index (κ1) is 23.7. The second-order valence-corrected chi connectivity index (χ2v) is 8.67. The highest BCUT2D eigenvalue weighted by Gasteiger charge is 2.07. The van der Waals surface area contributed by atoms with Crippen molar-refractivity contribution in [1.29, 1.82) is 0 Å². The molecule has 2 aromatic rings. The molecular weight excluding hydrogens is 356 g/mol. The molecule has 2 rings (SSSR count). The Morgan fingerprint density at radius 2 is 0.931 bits per heavy atom. The summed E-state index contributed by atoms with van der Waals surface area (Å²) < 4.78 is 9.38. The average Bonchev–Trinajstić information content (AvgIpc) is 3.37. The molecule has 0 aliphatic rings. The first-order chi connectivity index (χ1) is 14.3. The SMILES string of the molecule is CCCCCCCCn1cc[n+](CCC[n+]2ccn(CCCCCCCC)c2)c1. The molecule has 0 unspecified atom stereocenters. The summed E-state index contributed by atoms with van der Waals surface area (Å²) in [5.41, 5.74) is 0. The summed E-state index contributed by atoms with van der Waals surface area (Å²) in [4.78, 5) is 0. The second-order valence-electron chi connectivity index (χ2n) is 8.67. The highest BCUT2D eigenvalue weighted by molar-refractivity contribution is 4.67. The lowest BCUT2D eigenvalue weighted by Gasteiger charge is -1.99. The van der Waals surface area contributed by atoms with Crippen molar-refractivity contribution in [3.05, 3.63) is 37.4 Å². The molecule has 164 valence electrons. The Bertz CT molecular complexity index is 574. The molecule has 0 atom stereocenters. The molecule has 0 aromatic carbocycles. The van der Waals surface area contributed by atoms with E-state index >= 15 is 0 Å². The number of aromatic nitrogens is 4. The van der Waals surface area contributed by atoms with Crippen LogP contribution in [0.4, 0.5) is 0 Å². The van der Waals surface area contributed by atoms with E-state index in [9.17, 15) is 0 Å². The van der Waals surface area contributed by atoms with E-state index < -0.39 is 0 Å². The van der Waals surface area contributed by atoms with Crippen LogP contribution < -0.4 is 9.13 Å². The Labute approximate surface area is 179 Å². The Kier molecular flexibility index (Phi) is 12.5. The van der Waals surface area contributed by atoms with Crippen molar-refractivity contribution in [1.82, 2.24) is 9.13 Å². The summed E-state index contributed by atoms with van der Waals surface area (Å²) in [5, 5.41) is 0. The number of hydrogen-bond donors (Lipinski definition) is 0. The van der Waals surface area contributed by atoms with E-state index in [2.05, 4.69) is 69.6 Å². The molecule has 0 spiro atoms. The van der Waals surface area contributed by atoms with Crippen LogP contribution in [0, 0.1) is 0 Å². The maximum Gasteiger partial charge on any atom is 0.243 e. The third kappa shape index (κ3) is 10.7. The van der Waals surface area contributed by atoms with E-state index in [-0.39, 0.29) is 0 Å². The summed E-state index contributed by atoms with van der Waals surface area (Å²) in [6, 6.07) is 0. The van der Waals surface area contributed by atoms with Gasteiger partial charge in [-0.2, -0.15) is 0 Å². The van der Waals surface area contributed by atoms with Gasteiger partial charge in [0.15, 0.2) is 0 Å². The largest absolute Gasteiger partial charge is 0.243 e. The molecule has 4 heteroatoms. The van der Waals surface area contributed by atoms with E-state index in [0.717, 1.165) is 26.2 Å². The Morgan fingerprint density at radius 1 is 0.517 bits per heavy atom. The molecule has 0 saturated carbocycles. The fourth-order valence-corrected chi connectivity index (χ4v) is 3.99. The van der Waals surface area contributed by atoms with Gasteiger partial charge in [0, 0.05) is 6.42 Å². The van der Waals surface area contributed by atoms with Gasteiger partial charge >= 0.3 is 0 Å². The van der Waals surface area contributed by atoms with Crippen LogP contribution in [0.5, 0.6) is 0 Å². The van der Waals surface area contributed by atoms with Gasteiger partial charge in [0.2, 0.25) is 12.7 Å². The summed E-state index contributed by atoms with van der Waals surface area (Å²) in [6.07, 6.45) is 31.0. The molecule has 0 aliphatic heterocycles. The van der Waals surface area contributed by atoms with E-state index in [1.165, 1.54) is 83.5 Å². The van der Waals surface area contributed by atoms with Gasteiger partial charge < -0.3 is 0 Å². The molecule has 0 N–H and O–H groups in total. The monoisotopic (exact) mass is 402 g/mol. The van der Waals surface area contributed by atoms with Crippen molar-refractivity contribution in [2.24, 2.45) is 0 Å². The normalized spacial score (nSPS) is 11.4. The minimum absolute atomic E-state index is 1.10. The number of hydrogen-bond acceptors (Lipinski definition) is 0. The minimum Gasteiger partial charge on any atom is -0.237 e. The predicted molar refractivity (Wildman–Crippen MR) is 121 cm³/mol. The Hall–Kier alpha value is -1.58. The van der Waals surface area contributed by atoms with Crippen LogP contribution in [0.25, 0.3) is 0 Å². The van der Waals surface area contributed by atoms with E-state index in [4.69, 9.17) is 0 Å². The minimum atomic E-state index is 1.10. The van der Waals surface area contributed by atoms with Gasteiger partial charge in [-0.1, -0.05) is 65.2 Å². The quantitative estimate of drug-likeness (QED) is 0.226. The van der Waals surface area contributed by atoms with Gasteiger partial charge in [0.05, 0.1) is 26.2 Å². The first-order valence-corrected chi connectivity index (χ1v) is 12.4. The number of nitrogens with zero attached hydrogens (tertiary/aromatic N) is 4. The smallest absolute Gasteiger partial charge is 0.237 e. The lowest BCUT2D eigenvalue weighted by Crippen LogP contribution is -2.37. The second kappa shape index (κ2) is 15.3. The fourth-order valence-electron chi connectivity index (χ4n) is 3.99. The molecule has 2 heterocycles. The highest BCUT2D eigenvalue weighted by Crippen LogP contribution is 2.07. The van der Waals surface area contributed by atoms with Gasteiger partial charge in [-0.25, -0.2) is 18.3 Å². The van der Waals surface area contributed by atoms with Crippen molar-refractivity contribution in [3.63, 3.8) is 0 Å². The maximum absolute atomic E-state index is 2.35. The fraction of sp³-hybridized carbons (Fsp3) is 0.760. The van der Waals surface area contributed by atoms with E-state index in [1.54, 1.807) is 0 Å². The number of unbranched alkanes of at least 4 members (excludes halogenated alkanes) is 10. The van der Waals surface area contributed by atoms with E-state index in [0.29, 0.717) is 0 Å². The van der Waals surface area contributed by atoms with Crippen LogP contribution in [0.15, 0.2) is 37.4 Å². The lowest BCUT2D eigenvalue weighted by atomic mass is 10.1. The average molecular weight is 403 g/mol. The van der Waals surface area contributed by atoms with Gasteiger partial charge in [-0.3, -0.25) is 0 Å². The Balaban J connectivity index is 1.54. The van der Waals surface area contributed by atoms with Crippen LogP contribution in [0.3, 0.4) is 0 Å². The summed E-state index contributed by atoms with van der Waals surface area (Å²) in [6.45, 7) is 9.08. The summed E-state index contributed by atoms with van der Waals surface area (Å²) >= 11 is 0. The van der Waals surface area contributed by atoms with Gasteiger partial charge in [-0.15, -0.1) is 0 Å². The molecule has 4 nitrogen and oxygen atoms in total. The predicted octanol–water partition coefficient (Wildman–Crippen LogP) is 5.68. The standard InChI is InChI=1S/C25H46N4/c1-3-5-7-9-11-13-16-26-20-22-28(24-26)18-15-19-29-23-21-27(25-29)17-14-12-10-8-6-4-2/h20-25H,3-19H2,1-2H3/q+2. The van der Waals surface area contributed by atoms with Crippen molar-refractivity contribution in [2.75, 3.05) is 0 Å². The number of imidazole rings is 2. The molecule has 29 heavy (non-hydrogen) atoms. The van der Waals surface area contributed by atoms with Crippen LogP contribution in [0.2, 0.25) is 0 Å². The van der Waals surface area contributed by atoms with Gasteiger partial charge in [0.25, 0.3) is 0 Å². The number of rotatable bonds is 18. The van der Waals surface area contributed by atoms with Gasteiger partial charge in [0.1, 0.15) is 24.8 Å². The molecule has 2 aromatic heterocycles. The Morgan fingerprint density at radius 3 is 1.38 bits per heavy atom. The molecule has 0 saturated heterocycles. The van der Waals surface area contributed by atoms with Crippen molar-refractivity contribution in [2.45, 2.75) is 123 Å². The molecule has 0 fully saturated rings. The third-order valence-electron chi connectivity index (χ3n) is 5.86. The molecule has 0 aliphatic carbocycles. The zero-order valence-electron chi connectivity index (χ0n) is 19.3. The van der Waals surface area contributed by atoms with Crippen LogP contribution >= 0.6 is 0 Å². The lowest BCUT2D eigenvalue weighted by molar-refractivity contribution is -0.726. The molecule has 0 radical (unpaired) electrons. The third-order valence-corrected chi connectivity index (χ3v) is 5.86. The zero-order valence-corrected chi connectivity index (χ0v) is 19.3. The molecule has 0 bridgehead atoms. The van der Waals surface area contributed by atoms with Crippen LogP contribution in [-0.2, 0) is 26.2 Å². The van der Waals surface area contributed by atoms with Crippen molar-refractivity contribution in [3.8, 4) is 0 Å². The molecular formula is C25H46N4+2. The summed E-state index contributed by atoms with van der Waals surface area (Å²) in [5.74, 6) is 0. The van der Waals surface area contributed by atoms with Gasteiger partial charge in [-0.05, 0) is 25.7 Å². The van der Waals surface area contributed by atoms with Crippen molar-refractivity contribution >= 4 is 0 Å². The van der Waals surface area contributed by atoms with E-state index in [1.807, 2.05) is 0 Å². The summed E-state index contributed by atoms with van der Waals surface area (Å²) in [7, 11) is 0. The number of aryl methyl sites for hydroxylation is 4. The zero-order chi connectivity index (χ0) is 20.6. The molecule has 0 amide bonds. The van der Waals surface area contributed by atoms with Crippen LogP contribution in [0.1, 0.15) is 97.3 Å².